The maximum atomic E-state index is 8.55. The maximum Gasteiger partial charge on any atom is 2.00 e. The van der Waals surface area contributed by atoms with Crippen LogP contribution in [-0.4, -0.2) is 69.5 Å². The summed E-state index contributed by atoms with van der Waals surface area (Å²) in [6, 6.07) is 0. The molecule has 1 fully saturated rings. The van der Waals surface area contributed by atoms with Crippen LogP contribution in [0.25, 0.3) is 11.5 Å². The van der Waals surface area contributed by atoms with Crippen LogP contribution in [0.4, 0.5) is 0 Å². The van der Waals surface area contributed by atoms with E-state index in [1.807, 2.05) is 0 Å². The number of aliphatic hydroxyl groups is 6. The van der Waals surface area contributed by atoms with Crippen molar-refractivity contribution in [1.82, 2.24) is 0 Å². The first-order chi connectivity index (χ1) is 7.92. The Kier molecular flexibility index (Phi) is 18.0. The van der Waals surface area contributed by atoms with Crippen LogP contribution in [0, 0.1) is 5.41 Å². The maximum absolute atomic E-state index is 8.55. The van der Waals surface area contributed by atoms with E-state index in [0.717, 1.165) is 0 Å². The number of aliphatic hydroxyl groups excluding tert-OH is 4. The minimum atomic E-state index is -1.60. The smallest absolute Gasteiger partial charge is 0.676 e. The third kappa shape index (κ3) is 10.3. The summed E-state index contributed by atoms with van der Waals surface area (Å²) in [6.45, 7) is 0.222. The van der Waals surface area contributed by atoms with Gasteiger partial charge in [0.25, 0.3) is 0 Å². The molecule has 0 spiro atoms. The average Bonchev–Trinajstić information content (AvgIpc) is 3.11. The molecule has 0 saturated heterocycles. The summed E-state index contributed by atoms with van der Waals surface area (Å²) in [5.41, 5.74) is 11.4. The number of hydrogen-bond donors (Lipinski definition) is 6. The van der Waals surface area contributed by atoms with Gasteiger partial charge in [0.15, 0.2) is 12.6 Å². The standard InChI is InChI=1S/C5H10O4.2C2H6NO.Pt/c6-3(7)5(1-2-5)4(8)9;2*3-1-2-4;/h3-4,6-9H,1-2H2;2*3-4H,1-2H2;/q;2*-1;+2. The molecule has 0 aromatic rings. The van der Waals surface area contributed by atoms with Gasteiger partial charge in [-0.25, -0.2) is 0 Å². The quantitative estimate of drug-likeness (QED) is 0.284. The summed E-state index contributed by atoms with van der Waals surface area (Å²) < 4.78 is 0. The zero-order valence-electron chi connectivity index (χ0n) is 9.90. The Morgan fingerprint density at radius 2 is 1.06 bits per heavy atom. The van der Waals surface area contributed by atoms with E-state index in [2.05, 4.69) is 0 Å². The van der Waals surface area contributed by atoms with E-state index in [1.54, 1.807) is 0 Å². The Morgan fingerprint density at radius 1 is 0.833 bits per heavy atom. The molecular formula is C9H22N2O6Pt. The predicted octanol–water partition coefficient (Wildman–Crippen LogP) is -1.55. The number of nitrogens with one attached hydrogen (secondary N) is 2. The Bertz CT molecular complexity index is 151. The predicted molar refractivity (Wildman–Crippen MR) is 60.7 cm³/mol. The molecule has 0 aromatic heterocycles. The van der Waals surface area contributed by atoms with Gasteiger partial charge in [0, 0.05) is 13.2 Å². The summed E-state index contributed by atoms with van der Waals surface area (Å²) in [5, 5.41) is 49.6. The Balaban J connectivity index is -0.000000214. The van der Waals surface area contributed by atoms with Crippen LogP contribution in [0.5, 0.6) is 0 Å². The third-order valence-corrected chi connectivity index (χ3v) is 2.08. The van der Waals surface area contributed by atoms with Gasteiger partial charge in [0.05, 0.1) is 5.41 Å². The van der Waals surface area contributed by atoms with Crippen molar-refractivity contribution in [3.8, 4) is 0 Å². The van der Waals surface area contributed by atoms with E-state index in [4.69, 9.17) is 42.1 Å². The molecule has 114 valence electrons. The van der Waals surface area contributed by atoms with Crippen molar-refractivity contribution in [2.24, 2.45) is 5.41 Å². The molecule has 1 aliphatic rings. The SMILES string of the molecule is OC(O)C1(C(O)O)CC1.[NH-]CCO.[NH-]CCO.[Pt+2]. The minimum absolute atomic E-state index is 0. The van der Waals surface area contributed by atoms with Crippen LogP contribution in [0.2, 0.25) is 0 Å². The Hall–Kier alpha value is 0.368. The minimum Gasteiger partial charge on any atom is -0.676 e. The second-order valence-corrected chi connectivity index (χ2v) is 3.43. The second kappa shape index (κ2) is 13.8. The molecule has 0 aromatic carbocycles. The number of rotatable bonds is 4. The molecular weight excluding hydrogens is 427 g/mol. The first-order valence-electron chi connectivity index (χ1n) is 5.16. The van der Waals surface area contributed by atoms with Crippen molar-refractivity contribution in [3.63, 3.8) is 0 Å². The van der Waals surface area contributed by atoms with Crippen LogP contribution in [0.15, 0.2) is 0 Å². The van der Waals surface area contributed by atoms with Gasteiger partial charge in [-0.3, -0.25) is 0 Å². The average molecular weight is 449 g/mol. The molecule has 0 radical (unpaired) electrons. The van der Waals surface area contributed by atoms with Gasteiger partial charge in [0.2, 0.25) is 0 Å². The molecule has 0 amide bonds. The molecule has 0 bridgehead atoms. The van der Waals surface area contributed by atoms with Gasteiger partial charge in [-0.1, -0.05) is 0 Å². The Morgan fingerprint density at radius 3 is 1.06 bits per heavy atom. The fourth-order valence-electron chi connectivity index (χ4n) is 0.794. The van der Waals surface area contributed by atoms with Crippen molar-refractivity contribution in [3.05, 3.63) is 11.5 Å². The van der Waals surface area contributed by atoms with Crippen LogP contribution in [0.3, 0.4) is 0 Å². The zero-order chi connectivity index (χ0) is 13.9. The van der Waals surface area contributed by atoms with Crippen LogP contribution in [-0.2, 0) is 21.1 Å². The van der Waals surface area contributed by atoms with E-state index in [9.17, 15) is 0 Å². The molecule has 0 heterocycles. The molecule has 0 unspecified atom stereocenters. The molecule has 0 atom stereocenters. The second-order valence-electron chi connectivity index (χ2n) is 3.43. The molecule has 9 heteroatoms. The van der Waals surface area contributed by atoms with Crippen molar-refractivity contribution in [1.29, 1.82) is 0 Å². The normalized spacial score (nSPS) is 15.0. The first-order valence-corrected chi connectivity index (χ1v) is 5.16. The van der Waals surface area contributed by atoms with Crippen molar-refractivity contribution in [2.75, 3.05) is 26.3 Å². The molecule has 8 N–H and O–H groups in total. The summed E-state index contributed by atoms with van der Waals surface area (Å²) in [6.07, 6.45) is -2.25. The summed E-state index contributed by atoms with van der Waals surface area (Å²) >= 11 is 0. The Labute approximate surface area is 120 Å². The molecule has 18 heavy (non-hydrogen) atoms. The molecule has 1 aliphatic carbocycles. The van der Waals surface area contributed by atoms with E-state index < -0.39 is 18.0 Å². The van der Waals surface area contributed by atoms with E-state index in [1.165, 1.54) is 0 Å². The summed E-state index contributed by atoms with van der Waals surface area (Å²) in [7, 11) is 0. The summed E-state index contributed by atoms with van der Waals surface area (Å²) in [5.74, 6) is 0. The van der Waals surface area contributed by atoms with Gasteiger partial charge >= 0.3 is 21.1 Å². The van der Waals surface area contributed by atoms with Crippen LogP contribution < -0.4 is 0 Å². The van der Waals surface area contributed by atoms with E-state index >= 15 is 0 Å². The monoisotopic (exact) mass is 449 g/mol. The first kappa shape index (κ1) is 23.5. The zero-order valence-corrected chi connectivity index (χ0v) is 12.2. The van der Waals surface area contributed by atoms with E-state index in [-0.39, 0.29) is 47.4 Å². The van der Waals surface area contributed by atoms with Gasteiger partial charge in [0.1, 0.15) is 0 Å². The topological polar surface area (TPSA) is 169 Å². The summed E-state index contributed by atoms with van der Waals surface area (Å²) in [4.78, 5) is 0. The van der Waals surface area contributed by atoms with E-state index in [0.29, 0.717) is 12.8 Å². The van der Waals surface area contributed by atoms with Crippen molar-refractivity contribution in [2.45, 2.75) is 25.4 Å². The van der Waals surface area contributed by atoms with Crippen molar-refractivity contribution >= 4 is 0 Å². The molecule has 1 saturated carbocycles. The van der Waals surface area contributed by atoms with Crippen LogP contribution >= 0.6 is 0 Å². The number of hydrogen-bond acceptors (Lipinski definition) is 6. The molecule has 0 aliphatic heterocycles. The molecule has 1 rings (SSSR count). The largest absolute Gasteiger partial charge is 2.00 e. The van der Waals surface area contributed by atoms with Gasteiger partial charge in [-0.2, -0.15) is 0 Å². The third-order valence-electron chi connectivity index (χ3n) is 2.08. The molecule has 8 nitrogen and oxygen atoms in total. The van der Waals surface area contributed by atoms with Gasteiger partial charge in [-0.15, -0.1) is 13.1 Å². The fourth-order valence-corrected chi connectivity index (χ4v) is 0.794. The fraction of sp³-hybridized carbons (Fsp3) is 1.00. The van der Waals surface area contributed by atoms with Gasteiger partial charge < -0.3 is 42.1 Å². The van der Waals surface area contributed by atoms with Gasteiger partial charge in [-0.05, 0) is 12.8 Å². The van der Waals surface area contributed by atoms with Crippen molar-refractivity contribution < 1.29 is 51.7 Å². The van der Waals surface area contributed by atoms with Crippen LogP contribution in [0.1, 0.15) is 12.8 Å².